The van der Waals surface area contributed by atoms with Crippen molar-refractivity contribution < 1.29 is 18.3 Å². The van der Waals surface area contributed by atoms with Crippen molar-refractivity contribution in [2.24, 2.45) is 0 Å². The van der Waals surface area contributed by atoms with Crippen molar-refractivity contribution in [1.82, 2.24) is 5.32 Å². The lowest BCUT2D eigenvalue weighted by Gasteiger charge is -2.13. The van der Waals surface area contributed by atoms with Crippen molar-refractivity contribution >= 4 is 0 Å². The van der Waals surface area contributed by atoms with Crippen LogP contribution in [-0.4, -0.2) is 20.8 Å². The summed E-state index contributed by atoms with van der Waals surface area (Å²) in [6, 6.07) is 5.01. The van der Waals surface area contributed by atoms with E-state index in [9.17, 15) is 8.78 Å². The first-order chi connectivity index (χ1) is 7.19. The molecule has 0 bridgehead atoms. The second-order valence-corrected chi connectivity index (χ2v) is 2.86. The summed E-state index contributed by atoms with van der Waals surface area (Å²) in [4.78, 5) is 0. The Morgan fingerprint density at radius 2 is 2.13 bits per heavy atom. The van der Waals surface area contributed by atoms with E-state index in [-0.39, 0.29) is 5.75 Å². The van der Waals surface area contributed by atoms with Crippen molar-refractivity contribution in [2.45, 2.75) is 13.2 Å². The molecule has 0 aromatic heterocycles. The summed E-state index contributed by atoms with van der Waals surface area (Å²) in [5.74, 6) is 0.396. The molecule has 1 N–H and O–H groups in total. The minimum absolute atomic E-state index is 0.0874. The standard InChI is InChI=1S/C10H13F2NO2/c1-13-6-7-4-3-5-8(14-2)9(7)15-10(11)12/h3-5,10,13H,6H2,1-2H3. The molecule has 0 saturated carbocycles. The van der Waals surface area contributed by atoms with E-state index < -0.39 is 6.61 Å². The molecule has 0 aliphatic heterocycles. The van der Waals surface area contributed by atoms with Gasteiger partial charge in [-0.1, -0.05) is 12.1 Å². The van der Waals surface area contributed by atoms with Gasteiger partial charge in [-0.05, 0) is 13.1 Å². The second kappa shape index (κ2) is 5.50. The molecule has 0 aliphatic carbocycles. The summed E-state index contributed by atoms with van der Waals surface area (Å²) in [5.41, 5.74) is 0.636. The summed E-state index contributed by atoms with van der Waals surface area (Å²) in [7, 11) is 3.14. The highest BCUT2D eigenvalue weighted by Crippen LogP contribution is 2.32. The van der Waals surface area contributed by atoms with Crippen LogP contribution >= 0.6 is 0 Å². The Balaban J connectivity index is 3.02. The Hall–Kier alpha value is -1.36. The van der Waals surface area contributed by atoms with E-state index in [0.717, 1.165) is 0 Å². The maximum absolute atomic E-state index is 12.2. The Morgan fingerprint density at radius 1 is 1.40 bits per heavy atom. The third-order valence-corrected chi connectivity index (χ3v) is 1.85. The second-order valence-electron chi connectivity index (χ2n) is 2.86. The number of methoxy groups -OCH3 is 1. The summed E-state index contributed by atoms with van der Waals surface area (Å²) in [6.07, 6.45) is 0. The first-order valence-corrected chi connectivity index (χ1v) is 4.44. The fraction of sp³-hybridized carbons (Fsp3) is 0.400. The van der Waals surface area contributed by atoms with Crippen LogP contribution in [0.15, 0.2) is 18.2 Å². The fourth-order valence-corrected chi connectivity index (χ4v) is 1.27. The van der Waals surface area contributed by atoms with Gasteiger partial charge in [-0.2, -0.15) is 8.78 Å². The lowest BCUT2D eigenvalue weighted by atomic mass is 10.2. The van der Waals surface area contributed by atoms with Gasteiger partial charge >= 0.3 is 6.61 Å². The lowest BCUT2D eigenvalue weighted by Crippen LogP contribution is -2.10. The molecule has 0 saturated heterocycles. The van der Waals surface area contributed by atoms with Crippen LogP contribution in [0.3, 0.4) is 0 Å². The minimum Gasteiger partial charge on any atom is -0.493 e. The number of nitrogens with one attached hydrogen (secondary N) is 1. The molecular formula is C10H13F2NO2. The highest BCUT2D eigenvalue weighted by Gasteiger charge is 2.14. The van der Waals surface area contributed by atoms with Gasteiger partial charge in [0.1, 0.15) is 0 Å². The molecular weight excluding hydrogens is 204 g/mol. The van der Waals surface area contributed by atoms with Gasteiger partial charge in [-0.25, -0.2) is 0 Å². The van der Waals surface area contributed by atoms with Crippen LogP contribution in [0.4, 0.5) is 8.78 Å². The van der Waals surface area contributed by atoms with Crippen LogP contribution in [0.1, 0.15) is 5.56 Å². The van der Waals surface area contributed by atoms with Gasteiger partial charge < -0.3 is 14.8 Å². The van der Waals surface area contributed by atoms with Gasteiger partial charge in [0.15, 0.2) is 11.5 Å². The summed E-state index contributed by atoms with van der Waals surface area (Å²) < 4.78 is 33.7. The van der Waals surface area contributed by atoms with Gasteiger partial charge in [0.25, 0.3) is 0 Å². The van der Waals surface area contributed by atoms with E-state index in [0.29, 0.717) is 17.9 Å². The molecule has 1 aromatic rings. The number of hydrogen-bond acceptors (Lipinski definition) is 3. The predicted octanol–water partition coefficient (Wildman–Crippen LogP) is 2.02. The van der Waals surface area contributed by atoms with Gasteiger partial charge in [-0.15, -0.1) is 0 Å². The van der Waals surface area contributed by atoms with E-state index in [1.54, 1.807) is 25.2 Å². The molecule has 84 valence electrons. The van der Waals surface area contributed by atoms with Crippen molar-refractivity contribution in [3.05, 3.63) is 23.8 Å². The molecule has 0 spiro atoms. The van der Waals surface area contributed by atoms with E-state index in [2.05, 4.69) is 10.1 Å². The Kier molecular flexibility index (Phi) is 4.30. The van der Waals surface area contributed by atoms with E-state index >= 15 is 0 Å². The van der Waals surface area contributed by atoms with Crippen LogP contribution in [-0.2, 0) is 6.54 Å². The number of para-hydroxylation sites is 1. The molecule has 0 fully saturated rings. The van der Waals surface area contributed by atoms with Gasteiger partial charge in [0.05, 0.1) is 7.11 Å². The maximum atomic E-state index is 12.2. The quantitative estimate of drug-likeness (QED) is 0.818. The average molecular weight is 217 g/mol. The van der Waals surface area contributed by atoms with E-state index in [4.69, 9.17) is 4.74 Å². The molecule has 0 atom stereocenters. The molecule has 0 unspecified atom stereocenters. The molecule has 1 aromatic carbocycles. The summed E-state index contributed by atoms with van der Waals surface area (Å²) in [6.45, 7) is -2.41. The van der Waals surface area contributed by atoms with Crippen LogP contribution < -0.4 is 14.8 Å². The number of halogens is 2. The zero-order valence-corrected chi connectivity index (χ0v) is 8.59. The van der Waals surface area contributed by atoms with E-state index in [1.165, 1.54) is 7.11 Å². The third-order valence-electron chi connectivity index (χ3n) is 1.85. The van der Waals surface area contributed by atoms with Crippen LogP contribution in [0.5, 0.6) is 11.5 Å². The molecule has 0 aliphatic rings. The Bertz CT molecular complexity index is 318. The summed E-state index contributed by atoms with van der Waals surface area (Å²) in [5, 5.41) is 2.87. The largest absolute Gasteiger partial charge is 0.493 e. The monoisotopic (exact) mass is 217 g/mol. The normalized spacial score (nSPS) is 10.5. The molecule has 0 amide bonds. The minimum atomic E-state index is -2.85. The molecule has 3 nitrogen and oxygen atoms in total. The molecule has 15 heavy (non-hydrogen) atoms. The van der Waals surface area contributed by atoms with Gasteiger partial charge in [-0.3, -0.25) is 0 Å². The van der Waals surface area contributed by atoms with Crippen LogP contribution in [0.2, 0.25) is 0 Å². The van der Waals surface area contributed by atoms with E-state index in [1.807, 2.05) is 0 Å². The lowest BCUT2D eigenvalue weighted by molar-refractivity contribution is -0.0518. The number of ether oxygens (including phenoxy) is 2. The predicted molar refractivity (Wildman–Crippen MR) is 52.4 cm³/mol. The van der Waals surface area contributed by atoms with Crippen molar-refractivity contribution in [3.63, 3.8) is 0 Å². The Labute approximate surface area is 87.0 Å². The van der Waals surface area contributed by atoms with Crippen molar-refractivity contribution in [2.75, 3.05) is 14.2 Å². The highest BCUT2D eigenvalue weighted by molar-refractivity contribution is 5.46. The molecule has 0 heterocycles. The maximum Gasteiger partial charge on any atom is 0.387 e. The first kappa shape index (κ1) is 11.7. The highest BCUT2D eigenvalue weighted by atomic mass is 19.3. The third kappa shape index (κ3) is 3.06. The number of benzene rings is 1. The molecule has 1 rings (SSSR count). The Morgan fingerprint density at radius 3 is 2.67 bits per heavy atom. The molecule has 0 radical (unpaired) electrons. The van der Waals surface area contributed by atoms with Gasteiger partial charge in [0.2, 0.25) is 0 Å². The van der Waals surface area contributed by atoms with Crippen molar-refractivity contribution in [3.8, 4) is 11.5 Å². The zero-order chi connectivity index (χ0) is 11.3. The van der Waals surface area contributed by atoms with Crippen LogP contribution in [0, 0.1) is 0 Å². The SMILES string of the molecule is CNCc1cccc(OC)c1OC(F)F. The van der Waals surface area contributed by atoms with Gasteiger partial charge in [0, 0.05) is 12.1 Å². The average Bonchev–Trinajstić information content (AvgIpc) is 2.20. The first-order valence-electron chi connectivity index (χ1n) is 4.44. The van der Waals surface area contributed by atoms with Crippen molar-refractivity contribution in [1.29, 1.82) is 0 Å². The fourth-order valence-electron chi connectivity index (χ4n) is 1.27. The number of rotatable bonds is 5. The number of hydrogen-bond donors (Lipinski definition) is 1. The smallest absolute Gasteiger partial charge is 0.387 e. The van der Waals surface area contributed by atoms with Crippen LogP contribution in [0.25, 0.3) is 0 Å². The summed E-state index contributed by atoms with van der Waals surface area (Å²) >= 11 is 0. The number of alkyl halides is 2. The topological polar surface area (TPSA) is 30.5 Å². The molecule has 5 heteroatoms. The zero-order valence-electron chi connectivity index (χ0n) is 8.59.